The minimum Gasteiger partial charge on any atom is -0.390 e. The van der Waals surface area contributed by atoms with Crippen molar-refractivity contribution in [2.75, 3.05) is 19.0 Å². The average Bonchev–Trinajstić information content (AvgIpc) is 2.70. The van der Waals surface area contributed by atoms with Gasteiger partial charge in [-0.3, -0.25) is 0 Å². The Morgan fingerprint density at radius 3 is 2.41 bits per heavy atom. The molecule has 1 aromatic carbocycles. The molecule has 17 heavy (non-hydrogen) atoms. The van der Waals surface area contributed by atoms with Crippen molar-refractivity contribution in [1.29, 1.82) is 0 Å². The predicted molar refractivity (Wildman–Crippen MR) is 72.0 cm³/mol. The number of nitrogens with one attached hydrogen (secondary N) is 1. The summed E-state index contributed by atoms with van der Waals surface area (Å²) in [4.78, 5) is 9.43. The average molecular weight is 296 g/mol. The fourth-order valence-electron chi connectivity index (χ4n) is 1.55. The van der Waals surface area contributed by atoms with Crippen LogP contribution in [0.25, 0.3) is 11.4 Å². The van der Waals surface area contributed by atoms with Crippen LogP contribution in [0.2, 0.25) is 0 Å². The Kier molecular flexibility index (Phi) is 3.49. The van der Waals surface area contributed by atoms with E-state index in [1.54, 1.807) is 0 Å². The molecular weight excluding hydrogens is 282 g/mol. The van der Waals surface area contributed by atoms with Gasteiger partial charge in [-0.2, -0.15) is 0 Å². The summed E-state index contributed by atoms with van der Waals surface area (Å²) in [5, 5.41) is 9.09. The zero-order valence-electron chi connectivity index (χ0n) is 9.74. The molecule has 0 saturated heterocycles. The third-order valence-electron chi connectivity index (χ3n) is 2.54. The molecule has 2 rings (SSSR count). The fourth-order valence-corrected chi connectivity index (χ4v) is 1.95. The lowest BCUT2D eigenvalue weighted by molar-refractivity contribution is 0.276. The Morgan fingerprint density at radius 2 is 1.94 bits per heavy atom. The van der Waals surface area contributed by atoms with Crippen molar-refractivity contribution < 1.29 is 5.11 Å². The number of aromatic nitrogens is 2. The number of H-pyrrole nitrogens is 1. The summed E-state index contributed by atoms with van der Waals surface area (Å²) in [6.07, 6.45) is 0. The molecule has 0 aliphatic carbocycles. The summed E-state index contributed by atoms with van der Waals surface area (Å²) in [7, 11) is 4.00. The van der Waals surface area contributed by atoms with Crippen LogP contribution >= 0.6 is 15.9 Å². The maximum Gasteiger partial charge on any atom is 0.138 e. The number of aliphatic hydroxyl groups excluding tert-OH is 1. The number of aliphatic hydroxyl groups is 1. The molecule has 4 nitrogen and oxygen atoms in total. The smallest absolute Gasteiger partial charge is 0.138 e. The van der Waals surface area contributed by atoms with Crippen molar-refractivity contribution in [3.8, 4) is 11.4 Å². The zero-order chi connectivity index (χ0) is 12.4. The van der Waals surface area contributed by atoms with Gasteiger partial charge < -0.3 is 15.0 Å². The van der Waals surface area contributed by atoms with Crippen LogP contribution in [0.3, 0.4) is 0 Å². The van der Waals surface area contributed by atoms with Gasteiger partial charge in [0.25, 0.3) is 0 Å². The molecule has 1 heterocycles. The maximum absolute atomic E-state index is 9.09. The number of hydrogen-bond acceptors (Lipinski definition) is 3. The van der Waals surface area contributed by atoms with Crippen LogP contribution in [0.1, 0.15) is 5.69 Å². The Bertz CT molecular complexity index is 505. The number of hydrogen-bond donors (Lipinski definition) is 2. The van der Waals surface area contributed by atoms with E-state index in [1.165, 1.54) is 0 Å². The van der Waals surface area contributed by atoms with E-state index >= 15 is 0 Å². The van der Waals surface area contributed by atoms with Crippen molar-refractivity contribution in [3.63, 3.8) is 0 Å². The van der Waals surface area contributed by atoms with Gasteiger partial charge in [0.15, 0.2) is 0 Å². The van der Waals surface area contributed by atoms with Gasteiger partial charge in [0, 0.05) is 25.3 Å². The third-order valence-corrected chi connectivity index (χ3v) is 3.20. The SMILES string of the molecule is CN(C)c1ccc(-c2nc(Br)c(CO)[nH]2)cc1. The summed E-state index contributed by atoms with van der Waals surface area (Å²) in [5.41, 5.74) is 2.83. The largest absolute Gasteiger partial charge is 0.390 e. The third kappa shape index (κ3) is 2.50. The monoisotopic (exact) mass is 295 g/mol. The number of nitrogens with zero attached hydrogens (tertiary/aromatic N) is 2. The molecule has 0 radical (unpaired) electrons. The van der Waals surface area contributed by atoms with Crippen molar-refractivity contribution in [2.45, 2.75) is 6.61 Å². The number of halogens is 1. The number of rotatable bonds is 3. The van der Waals surface area contributed by atoms with Crippen LogP contribution in [0.4, 0.5) is 5.69 Å². The zero-order valence-corrected chi connectivity index (χ0v) is 11.3. The molecule has 0 bridgehead atoms. The highest BCUT2D eigenvalue weighted by molar-refractivity contribution is 9.10. The van der Waals surface area contributed by atoms with Crippen LogP contribution < -0.4 is 4.90 Å². The van der Waals surface area contributed by atoms with Gasteiger partial charge in [-0.05, 0) is 40.2 Å². The number of anilines is 1. The summed E-state index contributed by atoms with van der Waals surface area (Å²) in [6, 6.07) is 8.07. The Labute approximate surface area is 108 Å². The van der Waals surface area contributed by atoms with E-state index in [-0.39, 0.29) is 6.61 Å². The highest BCUT2D eigenvalue weighted by atomic mass is 79.9. The fraction of sp³-hybridized carbons (Fsp3) is 0.250. The Balaban J connectivity index is 2.33. The number of imidazole rings is 1. The van der Waals surface area contributed by atoms with Gasteiger partial charge in [-0.1, -0.05) is 0 Å². The van der Waals surface area contributed by atoms with E-state index in [9.17, 15) is 0 Å². The molecular formula is C12H14BrN3O. The molecule has 0 unspecified atom stereocenters. The highest BCUT2D eigenvalue weighted by Crippen LogP contribution is 2.23. The molecule has 0 aliphatic rings. The van der Waals surface area contributed by atoms with Crippen molar-refractivity contribution in [1.82, 2.24) is 9.97 Å². The summed E-state index contributed by atoms with van der Waals surface area (Å²) < 4.78 is 0.659. The van der Waals surface area contributed by atoms with Crippen molar-refractivity contribution in [2.24, 2.45) is 0 Å². The van der Waals surface area contributed by atoms with Gasteiger partial charge in [0.2, 0.25) is 0 Å². The van der Waals surface area contributed by atoms with Gasteiger partial charge >= 0.3 is 0 Å². The van der Waals surface area contributed by atoms with Crippen molar-refractivity contribution in [3.05, 3.63) is 34.6 Å². The van der Waals surface area contributed by atoms with Gasteiger partial charge in [-0.15, -0.1) is 0 Å². The first-order valence-electron chi connectivity index (χ1n) is 5.25. The molecule has 0 spiro atoms. The standard InChI is InChI=1S/C12H14BrN3O/c1-16(2)9-5-3-8(4-6-9)12-14-10(7-17)11(13)15-12/h3-6,17H,7H2,1-2H3,(H,14,15). The molecule has 2 aromatic rings. The summed E-state index contributed by atoms with van der Waals surface area (Å²) >= 11 is 3.30. The molecule has 1 aromatic heterocycles. The number of benzene rings is 1. The van der Waals surface area contributed by atoms with E-state index in [1.807, 2.05) is 43.3 Å². The van der Waals surface area contributed by atoms with E-state index in [0.717, 1.165) is 17.1 Å². The van der Waals surface area contributed by atoms with Gasteiger partial charge in [0.1, 0.15) is 10.4 Å². The second-order valence-corrected chi connectivity index (χ2v) is 4.71. The van der Waals surface area contributed by atoms with Crippen LogP contribution in [0.15, 0.2) is 28.9 Å². The van der Waals surface area contributed by atoms with E-state index in [4.69, 9.17) is 5.11 Å². The molecule has 5 heteroatoms. The molecule has 2 N–H and O–H groups in total. The predicted octanol–water partition coefficient (Wildman–Crippen LogP) is 2.40. The van der Waals surface area contributed by atoms with E-state index in [2.05, 4.69) is 25.9 Å². The molecule has 0 atom stereocenters. The van der Waals surface area contributed by atoms with Gasteiger partial charge in [-0.25, -0.2) is 4.98 Å². The molecule has 0 aliphatic heterocycles. The first-order valence-corrected chi connectivity index (χ1v) is 6.04. The Hall–Kier alpha value is -1.33. The molecule has 0 saturated carbocycles. The lowest BCUT2D eigenvalue weighted by Gasteiger charge is -2.12. The van der Waals surface area contributed by atoms with Crippen LogP contribution in [0.5, 0.6) is 0 Å². The van der Waals surface area contributed by atoms with Crippen LogP contribution in [-0.4, -0.2) is 29.2 Å². The van der Waals surface area contributed by atoms with Crippen molar-refractivity contribution >= 4 is 21.6 Å². The van der Waals surface area contributed by atoms with E-state index in [0.29, 0.717) is 10.3 Å². The molecule has 0 fully saturated rings. The Morgan fingerprint density at radius 1 is 1.29 bits per heavy atom. The summed E-state index contributed by atoms with van der Waals surface area (Å²) in [5.74, 6) is 0.756. The first-order chi connectivity index (χ1) is 8.11. The lowest BCUT2D eigenvalue weighted by atomic mass is 10.2. The minimum atomic E-state index is -0.0522. The molecule has 0 amide bonds. The number of aromatic amines is 1. The summed E-state index contributed by atoms with van der Waals surface area (Å²) in [6.45, 7) is -0.0522. The quantitative estimate of drug-likeness (QED) is 0.914. The first kappa shape index (κ1) is 12.1. The van der Waals surface area contributed by atoms with E-state index < -0.39 is 0 Å². The highest BCUT2D eigenvalue weighted by Gasteiger charge is 2.08. The lowest BCUT2D eigenvalue weighted by Crippen LogP contribution is -2.07. The van der Waals surface area contributed by atoms with Crippen LogP contribution in [0, 0.1) is 0 Å². The minimum absolute atomic E-state index is 0.0522. The topological polar surface area (TPSA) is 52.1 Å². The normalized spacial score (nSPS) is 10.6. The maximum atomic E-state index is 9.09. The van der Waals surface area contributed by atoms with Crippen LogP contribution in [-0.2, 0) is 6.61 Å². The second-order valence-electron chi connectivity index (χ2n) is 3.95. The van der Waals surface area contributed by atoms with Gasteiger partial charge in [0.05, 0.1) is 12.3 Å². The second kappa shape index (κ2) is 4.89. The molecule has 90 valence electrons.